The van der Waals surface area contributed by atoms with Crippen LogP contribution in [0.3, 0.4) is 0 Å². The van der Waals surface area contributed by atoms with Crippen LogP contribution in [-0.4, -0.2) is 41.0 Å². The highest BCUT2D eigenvalue weighted by atomic mass is 19.1. The number of ether oxygens (including phenoxy) is 2. The van der Waals surface area contributed by atoms with Crippen LogP contribution in [0.25, 0.3) is 0 Å². The molecule has 2 atom stereocenters. The van der Waals surface area contributed by atoms with E-state index < -0.39 is 0 Å². The minimum absolute atomic E-state index is 0.273. The predicted molar refractivity (Wildman–Crippen MR) is 85.4 cm³/mol. The average molecular weight is 333 g/mol. The number of hydrogen-bond donors (Lipinski definition) is 1. The van der Waals surface area contributed by atoms with Crippen LogP contribution >= 0.6 is 0 Å². The summed E-state index contributed by atoms with van der Waals surface area (Å²) in [4.78, 5) is 12.3. The van der Waals surface area contributed by atoms with Crippen LogP contribution in [0.4, 0.5) is 4.39 Å². The molecule has 1 amide bonds. The van der Waals surface area contributed by atoms with Gasteiger partial charge in [0.05, 0.1) is 19.3 Å². The molecule has 7 heteroatoms. The Labute approximate surface area is 139 Å². The molecule has 0 saturated carbocycles. The lowest BCUT2D eigenvalue weighted by Crippen LogP contribution is -2.51. The third-order valence-electron chi connectivity index (χ3n) is 3.89. The molecule has 24 heavy (non-hydrogen) atoms. The summed E-state index contributed by atoms with van der Waals surface area (Å²) in [6, 6.07) is 7.33. The molecule has 0 radical (unpaired) electrons. The standard InChI is InChI=1S/C17H20FN3O3/c1-2-21-8-6-14(20-21)17(22)19-15-11-23-9-7-16(15)24-13-5-3-4-12(18)10-13/h3-6,8,10,15-16H,2,7,9,11H2,1H3,(H,19,22). The summed E-state index contributed by atoms with van der Waals surface area (Å²) in [5.41, 5.74) is 0.354. The number of nitrogens with one attached hydrogen (secondary N) is 1. The number of aromatic nitrogens is 2. The quantitative estimate of drug-likeness (QED) is 0.909. The molecular formula is C17H20FN3O3. The first-order chi connectivity index (χ1) is 11.7. The van der Waals surface area contributed by atoms with Gasteiger partial charge in [0.25, 0.3) is 5.91 Å². The summed E-state index contributed by atoms with van der Waals surface area (Å²) in [7, 11) is 0. The molecule has 1 aromatic heterocycles. The molecule has 2 aromatic rings. The van der Waals surface area contributed by atoms with E-state index in [1.54, 1.807) is 29.1 Å². The van der Waals surface area contributed by atoms with Gasteiger partial charge in [0.1, 0.15) is 23.4 Å². The molecule has 3 rings (SSSR count). The van der Waals surface area contributed by atoms with Crippen molar-refractivity contribution in [2.75, 3.05) is 13.2 Å². The molecule has 1 aromatic carbocycles. The van der Waals surface area contributed by atoms with Gasteiger partial charge < -0.3 is 14.8 Å². The van der Waals surface area contributed by atoms with Crippen molar-refractivity contribution in [1.82, 2.24) is 15.1 Å². The first kappa shape index (κ1) is 16.4. The van der Waals surface area contributed by atoms with E-state index in [2.05, 4.69) is 10.4 Å². The zero-order chi connectivity index (χ0) is 16.9. The van der Waals surface area contributed by atoms with E-state index in [0.29, 0.717) is 37.6 Å². The molecule has 128 valence electrons. The number of benzene rings is 1. The first-order valence-corrected chi connectivity index (χ1v) is 8.00. The van der Waals surface area contributed by atoms with Crippen molar-refractivity contribution >= 4 is 5.91 Å². The maximum atomic E-state index is 13.3. The van der Waals surface area contributed by atoms with Crippen LogP contribution in [0.1, 0.15) is 23.8 Å². The Bertz CT molecular complexity index is 704. The van der Waals surface area contributed by atoms with Crippen molar-refractivity contribution in [3.8, 4) is 5.75 Å². The highest BCUT2D eigenvalue weighted by Gasteiger charge is 2.29. The zero-order valence-corrected chi connectivity index (χ0v) is 13.4. The molecule has 1 aliphatic heterocycles. The van der Waals surface area contributed by atoms with Crippen molar-refractivity contribution in [3.05, 3.63) is 48.0 Å². The number of carbonyl (C=O) groups is 1. The maximum Gasteiger partial charge on any atom is 0.272 e. The third kappa shape index (κ3) is 3.91. The Balaban J connectivity index is 1.66. The number of amides is 1. The molecule has 0 aliphatic carbocycles. The van der Waals surface area contributed by atoms with Crippen LogP contribution in [0.2, 0.25) is 0 Å². The van der Waals surface area contributed by atoms with E-state index in [1.165, 1.54) is 12.1 Å². The summed E-state index contributed by atoms with van der Waals surface area (Å²) in [5.74, 6) is -0.188. The Hall–Kier alpha value is -2.41. The van der Waals surface area contributed by atoms with Crippen LogP contribution in [0, 0.1) is 5.82 Å². The third-order valence-corrected chi connectivity index (χ3v) is 3.89. The number of hydrogen-bond acceptors (Lipinski definition) is 4. The van der Waals surface area contributed by atoms with E-state index in [-0.39, 0.29) is 23.9 Å². The fourth-order valence-electron chi connectivity index (χ4n) is 2.61. The maximum absolute atomic E-state index is 13.3. The molecule has 1 aliphatic rings. The van der Waals surface area contributed by atoms with E-state index in [0.717, 1.165) is 0 Å². The van der Waals surface area contributed by atoms with Crippen LogP contribution < -0.4 is 10.1 Å². The number of halogens is 1. The number of aryl methyl sites for hydroxylation is 1. The SMILES string of the molecule is CCn1ccc(C(=O)NC2COCCC2Oc2cccc(F)c2)n1. The Morgan fingerprint density at radius 2 is 2.38 bits per heavy atom. The lowest BCUT2D eigenvalue weighted by molar-refractivity contribution is -0.00304. The number of carbonyl (C=O) groups excluding carboxylic acids is 1. The molecule has 2 heterocycles. The van der Waals surface area contributed by atoms with Gasteiger partial charge in [-0.3, -0.25) is 9.48 Å². The van der Waals surface area contributed by atoms with E-state index in [9.17, 15) is 9.18 Å². The molecule has 1 fully saturated rings. The molecule has 0 spiro atoms. The molecular weight excluding hydrogens is 313 g/mol. The van der Waals surface area contributed by atoms with Crippen LogP contribution in [-0.2, 0) is 11.3 Å². The van der Waals surface area contributed by atoms with Crippen molar-refractivity contribution in [2.24, 2.45) is 0 Å². The van der Waals surface area contributed by atoms with Crippen molar-refractivity contribution in [2.45, 2.75) is 32.0 Å². The molecule has 6 nitrogen and oxygen atoms in total. The molecule has 2 unspecified atom stereocenters. The summed E-state index contributed by atoms with van der Waals surface area (Å²) < 4.78 is 26.3. The Morgan fingerprint density at radius 3 is 3.12 bits per heavy atom. The highest BCUT2D eigenvalue weighted by Crippen LogP contribution is 2.19. The second-order valence-corrected chi connectivity index (χ2v) is 5.61. The second-order valence-electron chi connectivity index (χ2n) is 5.61. The summed E-state index contributed by atoms with van der Waals surface area (Å²) >= 11 is 0. The smallest absolute Gasteiger partial charge is 0.272 e. The van der Waals surface area contributed by atoms with Crippen molar-refractivity contribution in [1.29, 1.82) is 0 Å². The summed E-state index contributed by atoms with van der Waals surface area (Å²) in [6.07, 6.45) is 2.09. The second kappa shape index (κ2) is 7.44. The number of nitrogens with zero attached hydrogens (tertiary/aromatic N) is 2. The normalized spacial score (nSPS) is 20.6. The number of rotatable bonds is 5. The first-order valence-electron chi connectivity index (χ1n) is 8.00. The highest BCUT2D eigenvalue weighted by molar-refractivity contribution is 5.92. The van der Waals surface area contributed by atoms with Gasteiger partial charge in [0.15, 0.2) is 0 Å². The van der Waals surface area contributed by atoms with Crippen molar-refractivity contribution in [3.63, 3.8) is 0 Å². The van der Waals surface area contributed by atoms with Gasteiger partial charge in [0, 0.05) is 25.2 Å². The van der Waals surface area contributed by atoms with Crippen molar-refractivity contribution < 1.29 is 18.7 Å². The fourth-order valence-corrected chi connectivity index (χ4v) is 2.61. The average Bonchev–Trinajstić information content (AvgIpc) is 3.06. The Morgan fingerprint density at radius 1 is 1.50 bits per heavy atom. The molecule has 0 bridgehead atoms. The van der Waals surface area contributed by atoms with Gasteiger partial charge in [-0.15, -0.1) is 0 Å². The topological polar surface area (TPSA) is 65.4 Å². The van der Waals surface area contributed by atoms with E-state index in [1.807, 2.05) is 6.92 Å². The monoisotopic (exact) mass is 333 g/mol. The zero-order valence-electron chi connectivity index (χ0n) is 13.4. The van der Waals surface area contributed by atoms with Gasteiger partial charge in [0.2, 0.25) is 0 Å². The van der Waals surface area contributed by atoms with Gasteiger partial charge in [-0.2, -0.15) is 5.10 Å². The van der Waals surface area contributed by atoms with Crippen LogP contribution in [0.15, 0.2) is 36.5 Å². The Kier molecular flexibility index (Phi) is 5.10. The van der Waals surface area contributed by atoms with Gasteiger partial charge >= 0.3 is 0 Å². The minimum atomic E-state index is -0.356. The summed E-state index contributed by atoms with van der Waals surface area (Å²) in [5, 5.41) is 7.09. The minimum Gasteiger partial charge on any atom is -0.488 e. The fraction of sp³-hybridized carbons (Fsp3) is 0.412. The molecule has 1 N–H and O–H groups in total. The summed E-state index contributed by atoms with van der Waals surface area (Å²) in [6.45, 7) is 3.54. The molecule has 1 saturated heterocycles. The van der Waals surface area contributed by atoms with Gasteiger partial charge in [-0.05, 0) is 25.1 Å². The van der Waals surface area contributed by atoms with Gasteiger partial charge in [-0.1, -0.05) is 6.07 Å². The lowest BCUT2D eigenvalue weighted by Gasteiger charge is -2.32. The van der Waals surface area contributed by atoms with Gasteiger partial charge in [-0.25, -0.2) is 4.39 Å². The largest absolute Gasteiger partial charge is 0.488 e. The van der Waals surface area contributed by atoms with E-state index in [4.69, 9.17) is 9.47 Å². The lowest BCUT2D eigenvalue weighted by atomic mass is 10.1. The van der Waals surface area contributed by atoms with Crippen LogP contribution in [0.5, 0.6) is 5.75 Å². The predicted octanol–water partition coefficient (Wildman–Crippen LogP) is 2.01. The van der Waals surface area contributed by atoms with E-state index >= 15 is 0 Å².